The lowest BCUT2D eigenvalue weighted by Gasteiger charge is -1.99. The van der Waals surface area contributed by atoms with E-state index in [0.29, 0.717) is 0 Å². The van der Waals surface area contributed by atoms with Crippen LogP contribution in [0.3, 0.4) is 0 Å². The van der Waals surface area contributed by atoms with Gasteiger partial charge in [-0.2, -0.15) is 4.57 Å². The van der Waals surface area contributed by atoms with Crippen LogP contribution in [0.2, 0.25) is 0 Å². The van der Waals surface area contributed by atoms with Crippen LogP contribution in [0.5, 0.6) is 5.75 Å². The maximum atomic E-state index is 5.14. The smallest absolute Gasteiger partial charge is 0.205 e. The number of benzene rings is 1. The number of halogens is 1. The molecule has 0 fully saturated rings. The number of pyridine rings is 1. The van der Waals surface area contributed by atoms with Gasteiger partial charge < -0.3 is 4.74 Å². The van der Waals surface area contributed by atoms with Crippen LogP contribution in [0.1, 0.15) is 18.2 Å². The second-order valence-electron chi connectivity index (χ2n) is 4.02. The van der Waals surface area contributed by atoms with Gasteiger partial charge in [-0.05, 0) is 36.8 Å². The van der Waals surface area contributed by atoms with Gasteiger partial charge in [0.2, 0.25) is 5.69 Å². The molecule has 0 aliphatic heterocycles. The van der Waals surface area contributed by atoms with Crippen molar-refractivity contribution in [3.8, 4) is 5.75 Å². The number of ether oxygens (including phenoxy) is 1. The molecule has 1 heterocycles. The minimum atomic E-state index is 0. The van der Waals surface area contributed by atoms with Crippen LogP contribution in [0.15, 0.2) is 48.7 Å². The number of hydrogen-bond acceptors (Lipinski definition) is 1. The molecular weight excluding hydrogens is 349 g/mol. The molecular formula is C16H19INO+. The van der Waals surface area contributed by atoms with E-state index in [9.17, 15) is 0 Å². The molecule has 2 aromatic rings. The first kappa shape index (κ1) is 15.7. The Morgan fingerprint density at radius 2 is 1.79 bits per heavy atom. The summed E-state index contributed by atoms with van der Waals surface area (Å²) in [6, 6.07) is 14.3. The Morgan fingerprint density at radius 3 is 2.42 bits per heavy atom. The van der Waals surface area contributed by atoms with Crippen molar-refractivity contribution in [1.82, 2.24) is 0 Å². The van der Waals surface area contributed by atoms with E-state index < -0.39 is 0 Å². The third kappa shape index (κ3) is 4.35. The molecule has 0 aliphatic carbocycles. The van der Waals surface area contributed by atoms with Gasteiger partial charge in [-0.25, -0.2) is 0 Å². The molecule has 0 amide bonds. The molecule has 0 bridgehead atoms. The van der Waals surface area contributed by atoms with Gasteiger partial charge in [0.05, 0.1) is 7.11 Å². The van der Waals surface area contributed by atoms with E-state index in [0.717, 1.165) is 12.3 Å². The number of nitrogens with zero attached hydrogens (tertiary/aromatic N) is 1. The number of rotatable bonds is 4. The van der Waals surface area contributed by atoms with E-state index in [1.807, 2.05) is 18.2 Å². The predicted molar refractivity (Wildman–Crippen MR) is 89.6 cm³/mol. The van der Waals surface area contributed by atoms with Crippen molar-refractivity contribution in [3.05, 3.63) is 59.9 Å². The van der Waals surface area contributed by atoms with Gasteiger partial charge in [0.25, 0.3) is 0 Å². The molecule has 1 aromatic heterocycles. The van der Waals surface area contributed by atoms with Crippen molar-refractivity contribution >= 4 is 36.1 Å². The van der Waals surface area contributed by atoms with Crippen molar-refractivity contribution in [2.45, 2.75) is 13.5 Å². The number of aryl methyl sites for hydroxylation is 1. The van der Waals surface area contributed by atoms with Crippen LogP contribution in [0.4, 0.5) is 0 Å². The van der Waals surface area contributed by atoms with Crippen molar-refractivity contribution in [2.24, 2.45) is 0 Å². The second kappa shape index (κ2) is 7.94. The summed E-state index contributed by atoms with van der Waals surface area (Å²) in [6.07, 6.45) is 6.33. The molecule has 2 nitrogen and oxygen atoms in total. The maximum absolute atomic E-state index is 5.14. The van der Waals surface area contributed by atoms with Crippen molar-refractivity contribution in [3.63, 3.8) is 0 Å². The van der Waals surface area contributed by atoms with Crippen LogP contribution < -0.4 is 9.30 Å². The largest absolute Gasteiger partial charge is 0.497 e. The number of aromatic nitrogens is 1. The minimum Gasteiger partial charge on any atom is -0.497 e. The zero-order valence-electron chi connectivity index (χ0n) is 11.2. The SMILES string of the molecule is CC[n+]1ccccc1/C=C/c1ccc(OC)cc1.I. The Labute approximate surface area is 131 Å². The molecule has 2 rings (SSSR count). The summed E-state index contributed by atoms with van der Waals surface area (Å²) < 4.78 is 7.35. The predicted octanol–water partition coefficient (Wildman–Crippen LogP) is 3.79. The average Bonchev–Trinajstić information content (AvgIpc) is 2.46. The van der Waals surface area contributed by atoms with Gasteiger partial charge in [-0.3, -0.25) is 0 Å². The van der Waals surface area contributed by atoms with Crippen molar-refractivity contribution in [2.75, 3.05) is 7.11 Å². The molecule has 100 valence electrons. The Kier molecular flexibility index (Phi) is 6.56. The summed E-state index contributed by atoms with van der Waals surface area (Å²) in [6.45, 7) is 3.12. The highest BCUT2D eigenvalue weighted by molar-refractivity contribution is 14.0. The molecule has 0 atom stereocenters. The van der Waals surface area contributed by atoms with Gasteiger partial charge in [0.1, 0.15) is 12.3 Å². The summed E-state index contributed by atoms with van der Waals surface area (Å²) in [7, 11) is 1.68. The first-order valence-corrected chi connectivity index (χ1v) is 6.14. The molecule has 0 unspecified atom stereocenters. The zero-order chi connectivity index (χ0) is 12.8. The monoisotopic (exact) mass is 368 g/mol. The lowest BCUT2D eigenvalue weighted by Crippen LogP contribution is -2.34. The second-order valence-corrected chi connectivity index (χ2v) is 4.02. The minimum absolute atomic E-state index is 0. The standard InChI is InChI=1S/C16H18NO.HI/c1-3-17-13-5-4-6-15(17)10-7-14-8-11-16(18-2)12-9-14;/h4-13H,3H2,1-2H3;1H/q+1;/b10-7+;. The van der Waals surface area contributed by atoms with Crippen LogP contribution in [0, 0.1) is 0 Å². The highest BCUT2D eigenvalue weighted by Gasteiger charge is 2.02. The molecule has 3 heteroatoms. The van der Waals surface area contributed by atoms with Gasteiger partial charge in [0.15, 0.2) is 6.20 Å². The number of hydrogen-bond donors (Lipinski definition) is 0. The molecule has 0 saturated heterocycles. The van der Waals surface area contributed by atoms with E-state index >= 15 is 0 Å². The molecule has 0 radical (unpaired) electrons. The van der Waals surface area contributed by atoms with Crippen LogP contribution >= 0.6 is 24.0 Å². The molecule has 1 aromatic carbocycles. The highest BCUT2D eigenvalue weighted by atomic mass is 127. The van der Waals surface area contributed by atoms with Crippen LogP contribution in [-0.4, -0.2) is 7.11 Å². The summed E-state index contributed by atoms with van der Waals surface area (Å²) in [4.78, 5) is 0. The third-order valence-corrected chi connectivity index (χ3v) is 2.88. The lowest BCUT2D eigenvalue weighted by molar-refractivity contribution is -0.695. The fourth-order valence-electron chi connectivity index (χ4n) is 1.83. The van der Waals surface area contributed by atoms with Crippen molar-refractivity contribution in [1.29, 1.82) is 0 Å². The fraction of sp³-hybridized carbons (Fsp3) is 0.188. The van der Waals surface area contributed by atoms with E-state index in [1.165, 1.54) is 11.3 Å². The topological polar surface area (TPSA) is 13.1 Å². The Bertz CT molecular complexity index is 535. The average molecular weight is 368 g/mol. The fourth-order valence-corrected chi connectivity index (χ4v) is 1.83. The first-order chi connectivity index (χ1) is 8.83. The molecule has 19 heavy (non-hydrogen) atoms. The summed E-state index contributed by atoms with van der Waals surface area (Å²) in [5.74, 6) is 0.885. The quantitative estimate of drug-likeness (QED) is 0.591. The first-order valence-electron chi connectivity index (χ1n) is 6.14. The molecule has 0 aliphatic rings. The Hall–Kier alpha value is -1.36. The summed E-state index contributed by atoms with van der Waals surface area (Å²) in [5, 5.41) is 0. The van der Waals surface area contributed by atoms with Gasteiger partial charge >= 0.3 is 0 Å². The zero-order valence-corrected chi connectivity index (χ0v) is 13.6. The van der Waals surface area contributed by atoms with Crippen LogP contribution in [0.25, 0.3) is 12.2 Å². The summed E-state index contributed by atoms with van der Waals surface area (Å²) in [5.41, 5.74) is 2.37. The normalized spacial score (nSPS) is 10.2. The molecule has 0 spiro atoms. The van der Waals surface area contributed by atoms with E-state index in [-0.39, 0.29) is 24.0 Å². The third-order valence-electron chi connectivity index (χ3n) is 2.88. The van der Waals surface area contributed by atoms with E-state index in [2.05, 4.69) is 54.1 Å². The van der Waals surface area contributed by atoms with Gasteiger partial charge in [-0.15, -0.1) is 24.0 Å². The number of methoxy groups -OCH3 is 1. The van der Waals surface area contributed by atoms with Gasteiger partial charge in [-0.1, -0.05) is 12.1 Å². The van der Waals surface area contributed by atoms with Crippen LogP contribution in [-0.2, 0) is 6.54 Å². The highest BCUT2D eigenvalue weighted by Crippen LogP contribution is 2.13. The van der Waals surface area contributed by atoms with E-state index in [4.69, 9.17) is 4.74 Å². The molecule has 0 saturated carbocycles. The Morgan fingerprint density at radius 1 is 1.05 bits per heavy atom. The lowest BCUT2D eigenvalue weighted by atomic mass is 10.2. The Balaban J connectivity index is 0.00000180. The van der Waals surface area contributed by atoms with E-state index in [1.54, 1.807) is 7.11 Å². The molecule has 0 N–H and O–H groups in total. The van der Waals surface area contributed by atoms with Gasteiger partial charge in [0, 0.05) is 18.2 Å². The summed E-state index contributed by atoms with van der Waals surface area (Å²) >= 11 is 0. The van der Waals surface area contributed by atoms with Crippen molar-refractivity contribution < 1.29 is 9.30 Å². The maximum Gasteiger partial charge on any atom is 0.205 e.